The fourth-order valence-electron chi connectivity index (χ4n) is 5.73. The molecule has 0 amide bonds. The minimum Gasteiger partial charge on any atom is -0.347 e. The second kappa shape index (κ2) is 5.37. The summed E-state index contributed by atoms with van der Waals surface area (Å²) >= 11 is 0. The maximum Gasteiger partial charge on any atom is 0.337 e. The molecule has 4 aliphatic carbocycles. The smallest absolute Gasteiger partial charge is 0.337 e. The largest absolute Gasteiger partial charge is 0.347 e. The third-order valence-electron chi connectivity index (χ3n) is 6.55. The number of ketones is 1. The van der Waals surface area contributed by atoms with E-state index in [0.29, 0.717) is 19.1 Å². The van der Waals surface area contributed by atoms with Gasteiger partial charge in [-0.2, -0.15) is 0 Å². The van der Waals surface area contributed by atoms with Gasteiger partial charge in [-0.15, -0.1) is 0 Å². The molecule has 0 aromatic heterocycles. The van der Waals surface area contributed by atoms with E-state index in [2.05, 4.69) is 0 Å². The summed E-state index contributed by atoms with van der Waals surface area (Å²) in [7, 11) is -0.627. The standard InChI is InChI=1S/C16H25O6P/c1-19-23(18,20-2)10-14(17)15-7-11-5-12(8-15)16(13(6-11)9-15)21-3-4-22-16/h11-13H,3-10H2,1-2H3. The number of carbonyl (C=O) groups excluding carboxylic acids is 1. The van der Waals surface area contributed by atoms with E-state index in [4.69, 9.17) is 18.5 Å². The molecule has 5 fully saturated rings. The highest BCUT2D eigenvalue weighted by molar-refractivity contribution is 7.54. The summed E-state index contributed by atoms with van der Waals surface area (Å²) in [5.41, 5.74) is -0.385. The van der Waals surface area contributed by atoms with Gasteiger partial charge in [-0.25, -0.2) is 0 Å². The van der Waals surface area contributed by atoms with Gasteiger partial charge in [0, 0.05) is 31.5 Å². The van der Waals surface area contributed by atoms with Crippen LogP contribution in [0.3, 0.4) is 0 Å². The molecule has 6 nitrogen and oxygen atoms in total. The van der Waals surface area contributed by atoms with Gasteiger partial charge in [0.1, 0.15) is 6.16 Å². The summed E-state index contributed by atoms with van der Waals surface area (Å²) in [6, 6.07) is 0. The van der Waals surface area contributed by atoms with Crippen LogP contribution in [0.2, 0.25) is 0 Å². The van der Waals surface area contributed by atoms with Crippen LogP contribution in [0, 0.1) is 23.2 Å². The Morgan fingerprint density at radius 2 is 1.65 bits per heavy atom. The molecule has 5 rings (SSSR count). The maximum absolute atomic E-state index is 13.0. The lowest BCUT2D eigenvalue weighted by atomic mass is 9.46. The van der Waals surface area contributed by atoms with Crippen molar-refractivity contribution in [3.8, 4) is 0 Å². The van der Waals surface area contributed by atoms with Gasteiger partial charge in [0.15, 0.2) is 11.6 Å². The molecule has 1 heterocycles. The number of hydrogen-bond donors (Lipinski definition) is 0. The van der Waals surface area contributed by atoms with E-state index < -0.39 is 13.4 Å². The van der Waals surface area contributed by atoms with E-state index in [9.17, 15) is 9.36 Å². The van der Waals surface area contributed by atoms with Crippen molar-refractivity contribution in [2.75, 3.05) is 33.6 Å². The number of ether oxygens (including phenoxy) is 2. The normalized spacial score (nSPS) is 40.9. The zero-order valence-corrected chi connectivity index (χ0v) is 14.7. The lowest BCUT2D eigenvalue weighted by Crippen LogP contribution is -2.63. The van der Waals surface area contributed by atoms with Crippen LogP contribution in [0.25, 0.3) is 0 Å². The van der Waals surface area contributed by atoms with Crippen LogP contribution < -0.4 is 0 Å². The SMILES string of the molecule is COP(=O)(CC(=O)C12CC3CC(C1)C1(OCCO1)C(C3)C2)OC. The molecule has 2 atom stereocenters. The van der Waals surface area contributed by atoms with E-state index in [0.717, 1.165) is 32.1 Å². The molecule has 2 unspecified atom stereocenters. The molecule has 0 aromatic rings. The van der Waals surface area contributed by atoms with Crippen LogP contribution in [-0.2, 0) is 27.9 Å². The van der Waals surface area contributed by atoms with Gasteiger partial charge in [0.2, 0.25) is 0 Å². The molecule has 1 saturated heterocycles. The minimum atomic E-state index is -3.31. The molecule has 23 heavy (non-hydrogen) atoms. The van der Waals surface area contributed by atoms with Crippen molar-refractivity contribution in [3.05, 3.63) is 0 Å². The van der Waals surface area contributed by atoms with E-state index in [-0.39, 0.29) is 29.2 Å². The monoisotopic (exact) mass is 344 g/mol. The molecular formula is C16H25O6P. The quantitative estimate of drug-likeness (QED) is 0.714. The van der Waals surface area contributed by atoms with Gasteiger partial charge in [0.25, 0.3) is 0 Å². The molecule has 130 valence electrons. The first-order valence-electron chi connectivity index (χ1n) is 8.47. The predicted octanol–water partition coefficient (Wildman–Crippen LogP) is 2.61. The Morgan fingerprint density at radius 3 is 2.17 bits per heavy atom. The zero-order valence-electron chi connectivity index (χ0n) is 13.8. The van der Waals surface area contributed by atoms with Crippen LogP contribution in [-0.4, -0.2) is 45.2 Å². The Morgan fingerprint density at radius 1 is 1.09 bits per heavy atom. The third kappa shape index (κ3) is 2.30. The fraction of sp³-hybridized carbons (Fsp3) is 0.938. The summed E-state index contributed by atoms with van der Waals surface area (Å²) in [6.07, 6.45) is 4.51. The highest BCUT2D eigenvalue weighted by Crippen LogP contribution is 2.66. The summed E-state index contributed by atoms with van der Waals surface area (Å²) in [4.78, 5) is 13.0. The van der Waals surface area contributed by atoms with Gasteiger partial charge in [-0.1, -0.05) is 0 Å². The summed E-state index contributed by atoms with van der Waals surface area (Å²) in [5, 5.41) is 0. The Labute approximate surface area is 136 Å². The first-order valence-corrected chi connectivity index (χ1v) is 10.2. The van der Waals surface area contributed by atoms with Crippen LogP contribution in [0.1, 0.15) is 32.1 Å². The van der Waals surface area contributed by atoms with Crippen LogP contribution >= 0.6 is 7.60 Å². The van der Waals surface area contributed by atoms with Gasteiger partial charge in [0.05, 0.1) is 13.2 Å². The van der Waals surface area contributed by atoms with Crippen molar-refractivity contribution >= 4 is 13.4 Å². The molecule has 4 bridgehead atoms. The lowest BCUT2D eigenvalue weighted by molar-refractivity contribution is -0.298. The maximum atomic E-state index is 13.0. The van der Waals surface area contributed by atoms with Gasteiger partial charge in [-0.05, 0) is 38.0 Å². The lowest BCUT2D eigenvalue weighted by Gasteiger charge is -2.62. The average Bonchev–Trinajstić information content (AvgIpc) is 3.02. The van der Waals surface area contributed by atoms with Crippen LogP contribution in [0.4, 0.5) is 0 Å². The van der Waals surface area contributed by atoms with Crippen molar-refractivity contribution in [1.82, 2.24) is 0 Å². The molecular weight excluding hydrogens is 319 g/mol. The predicted molar refractivity (Wildman–Crippen MR) is 82.1 cm³/mol. The Balaban J connectivity index is 1.59. The highest BCUT2D eigenvalue weighted by Gasteiger charge is 2.66. The first kappa shape index (κ1) is 16.2. The van der Waals surface area contributed by atoms with Gasteiger partial charge >= 0.3 is 7.60 Å². The van der Waals surface area contributed by atoms with E-state index in [1.165, 1.54) is 14.2 Å². The summed E-state index contributed by atoms with van der Waals surface area (Å²) in [5.74, 6) is 0.706. The molecule has 7 heteroatoms. The van der Waals surface area contributed by atoms with E-state index >= 15 is 0 Å². The minimum absolute atomic E-state index is 0.0387. The molecule has 1 aliphatic heterocycles. The fourth-order valence-corrected chi connectivity index (χ4v) is 6.83. The molecule has 0 aromatic carbocycles. The van der Waals surface area contributed by atoms with Gasteiger partial charge < -0.3 is 18.5 Å². The van der Waals surface area contributed by atoms with Crippen molar-refractivity contribution in [1.29, 1.82) is 0 Å². The van der Waals surface area contributed by atoms with E-state index in [1.54, 1.807) is 0 Å². The van der Waals surface area contributed by atoms with Crippen molar-refractivity contribution in [2.24, 2.45) is 23.2 Å². The molecule has 4 saturated carbocycles. The molecule has 0 N–H and O–H groups in total. The topological polar surface area (TPSA) is 71.1 Å². The Kier molecular flexibility index (Phi) is 3.79. The second-order valence-corrected chi connectivity index (χ2v) is 9.87. The van der Waals surface area contributed by atoms with Crippen molar-refractivity contribution < 1.29 is 27.9 Å². The van der Waals surface area contributed by atoms with Crippen LogP contribution in [0.15, 0.2) is 0 Å². The number of Topliss-reactive ketones (excluding diaryl/α,β-unsaturated/α-hetero) is 1. The molecule has 5 aliphatic rings. The molecule has 1 spiro atoms. The third-order valence-corrected chi connectivity index (χ3v) is 8.34. The molecule has 0 radical (unpaired) electrons. The highest BCUT2D eigenvalue weighted by atomic mass is 31.2. The average molecular weight is 344 g/mol. The Hall–Kier alpha value is -0.260. The Bertz CT molecular complexity index is 529. The second-order valence-electron chi connectivity index (χ2n) is 7.60. The van der Waals surface area contributed by atoms with Crippen molar-refractivity contribution in [2.45, 2.75) is 37.9 Å². The summed E-state index contributed by atoms with van der Waals surface area (Å²) in [6.45, 7) is 1.31. The number of rotatable bonds is 5. The van der Waals surface area contributed by atoms with Crippen molar-refractivity contribution in [3.63, 3.8) is 0 Å². The van der Waals surface area contributed by atoms with Gasteiger partial charge in [-0.3, -0.25) is 9.36 Å². The number of hydrogen-bond acceptors (Lipinski definition) is 6. The van der Waals surface area contributed by atoms with E-state index in [1.807, 2.05) is 0 Å². The zero-order chi connectivity index (χ0) is 16.3. The number of carbonyl (C=O) groups is 1. The first-order chi connectivity index (χ1) is 11.0. The summed E-state index contributed by atoms with van der Waals surface area (Å²) < 4.78 is 34.4. The van der Waals surface area contributed by atoms with Crippen LogP contribution in [0.5, 0.6) is 0 Å².